The fraction of sp³-hybridized carbons (Fsp3) is 0.300. The summed E-state index contributed by atoms with van der Waals surface area (Å²) in [5.41, 5.74) is 0.668. The van der Waals surface area contributed by atoms with E-state index in [-0.39, 0.29) is 30.3 Å². The molecular weight excluding hydrogens is 389 g/mol. The van der Waals surface area contributed by atoms with Crippen molar-refractivity contribution in [2.75, 3.05) is 18.5 Å². The molecule has 1 atom stereocenters. The molecule has 0 N–H and O–H groups in total. The highest BCUT2D eigenvalue weighted by molar-refractivity contribution is 6.03. The van der Waals surface area contributed by atoms with Crippen LogP contribution >= 0.6 is 0 Å². The van der Waals surface area contributed by atoms with E-state index < -0.39 is 18.4 Å². The van der Waals surface area contributed by atoms with Gasteiger partial charge in [-0.15, -0.1) is 13.2 Å². The Morgan fingerprint density at radius 1 is 1.17 bits per heavy atom. The second-order valence-corrected chi connectivity index (χ2v) is 6.56. The Kier molecular flexibility index (Phi) is 5.67. The van der Waals surface area contributed by atoms with Crippen LogP contribution in [-0.4, -0.2) is 42.8 Å². The van der Waals surface area contributed by atoms with E-state index >= 15 is 0 Å². The van der Waals surface area contributed by atoms with Gasteiger partial charge in [-0.2, -0.15) is 0 Å². The third-order valence-corrected chi connectivity index (χ3v) is 4.40. The first kappa shape index (κ1) is 20.5. The van der Waals surface area contributed by atoms with Gasteiger partial charge in [-0.1, -0.05) is 30.3 Å². The molecule has 0 spiro atoms. The van der Waals surface area contributed by atoms with Gasteiger partial charge in [0.25, 0.3) is 5.91 Å². The lowest BCUT2D eigenvalue weighted by atomic mass is 10.1. The Labute approximate surface area is 165 Å². The standard InChI is InChI=1S/C20H19F3N2O4/c1-13-19(27)25(15-8-4-6-10-17(15)28-13)12-18(26)24(2)11-14-7-3-5-9-16(14)29-20(21,22)23/h3-10,13H,11-12H2,1-2H3. The van der Waals surface area contributed by atoms with Gasteiger partial charge in [0.2, 0.25) is 5.91 Å². The van der Waals surface area contributed by atoms with Gasteiger partial charge >= 0.3 is 6.36 Å². The molecule has 29 heavy (non-hydrogen) atoms. The van der Waals surface area contributed by atoms with E-state index in [1.165, 1.54) is 35.0 Å². The molecule has 0 bridgehead atoms. The molecule has 0 aliphatic carbocycles. The Bertz CT molecular complexity index is 917. The molecular formula is C20H19F3N2O4. The smallest absolute Gasteiger partial charge is 0.479 e. The summed E-state index contributed by atoms with van der Waals surface area (Å²) in [4.78, 5) is 27.8. The number of rotatable bonds is 5. The molecule has 3 rings (SSSR count). The van der Waals surface area contributed by atoms with Crippen molar-refractivity contribution in [1.29, 1.82) is 0 Å². The molecule has 0 radical (unpaired) electrons. The zero-order chi connectivity index (χ0) is 21.2. The maximum absolute atomic E-state index is 12.7. The number of hydrogen-bond donors (Lipinski definition) is 0. The fourth-order valence-electron chi connectivity index (χ4n) is 2.98. The van der Waals surface area contributed by atoms with E-state index in [9.17, 15) is 22.8 Å². The van der Waals surface area contributed by atoms with Crippen LogP contribution < -0.4 is 14.4 Å². The number of carbonyl (C=O) groups excluding carboxylic acids is 2. The van der Waals surface area contributed by atoms with Crippen LogP contribution in [0.1, 0.15) is 12.5 Å². The van der Waals surface area contributed by atoms with E-state index in [1.807, 2.05) is 0 Å². The number of fused-ring (bicyclic) bond motifs is 1. The quantitative estimate of drug-likeness (QED) is 0.761. The number of benzene rings is 2. The summed E-state index contributed by atoms with van der Waals surface area (Å²) in [5.74, 6) is -0.699. The lowest BCUT2D eigenvalue weighted by Crippen LogP contribution is -2.49. The van der Waals surface area contributed by atoms with Gasteiger partial charge in [0.05, 0.1) is 5.69 Å². The van der Waals surface area contributed by atoms with Gasteiger partial charge in [-0.05, 0) is 25.1 Å². The summed E-state index contributed by atoms with van der Waals surface area (Å²) in [6, 6.07) is 12.4. The van der Waals surface area contributed by atoms with Crippen LogP contribution in [0.2, 0.25) is 0 Å². The second-order valence-electron chi connectivity index (χ2n) is 6.56. The summed E-state index contributed by atoms with van der Waals surface area (Å²) in [6.07, 6.45) is -5.58. The molecule has 1 unspecified atom stereocenters. The molecule has 6 nitrogen and oxygen atoms in total. The minimum atomic E-state index is -4.83. The SMILES string of the molecule is CC1Oc2ccccc2N(CC(=O)N(C)Cc2ccccc2OC(F)(F)F)C1=O. The lowest BCUT2D eigenvalue weighted by Gasteiger charge is -2.33. The molecule has 0 saturated heterocycles. The summed E-state index contributed by atoms with van der Waals surface area (Å²) in [5, 5.41) is 0. The number of nitrogens with zero attached hydrogens (tertiary/aromatic N) is 2. The Hall–Kier alpha value is -3.23. The van der Waals surface area contributed by atoms with Crippen molar-refractivity contribution in [3.05, 3.63) is 54.1 Å². The highest BCUT2D eigenvalue weighted by atomic mass is 19.4. The number of anilines is 1. The average Bonchev–Trinajstić information content (AvgIpc) is 2.65. The first-order chi connectivity index (χ1) is 13.7. The van der Waals surface area contributed by atoms with Gasteiger partial charge in [-0.3, -0.25) is 14.5 Å². The van der Waals surface area contributed by atoms with Crippen LogP contribution in [0.15, 0.2) is 48.5 Å². The lowest BCUT2D eigenvalue weighted by molar-refractivity contribution is -0.275. The number of ether oxygens (including phenoxy) is 2. The first-order valence-corrected chi connectivity index (χ1v) is 8.80. The summed E-state index contributed by atoms with van der Waals surface area (Å²) < 4.78 is 47.3. The zero-order valence-electron chi connectivity index (χ0n) is 15.8. The summed E-state index contributed by atoms with van der Waals surface area (Å²) >= 11 is 0. The van der Waals surface area contributed by atoms with E-state index in [2.05, 4.69) is 4.74 Å². The molecule has 2 aromatic carbocycles. The van der Waals surface area contributed by atoms with Gasteiger partial charge in [0.1, 0.15) is 18.0 Å². The Morgan fingerprint density at radius 2 is 1.83 bits per heavy atom. The van der Waals surface area contributed by atoms with Crippen molar-refractivity contribution in [1.82, 2.24) is 4.90 Å². The van der Waals surface area contributed by atoms with E-state index in [0.717, 1.165) is 0 Å². The van der Waals surface area contributed by atoms with Crippen molar-refractivity contribution in [2.24, 2.45) is 0 Å². The molecule has 2 aromatic rings. The molecule has 0 saturated carbocycles. The maximum Gasteiger partial charge on any atom is 0.573 e. The predicted molar refractivity (Wildman–Crippen MR) is 98.5 cm³/mol. The third-order valence-electron chi connectivity index (χ3n) is 4.40. The maximum atomic E-state index is 12.7. The molecule has 0 aromatic heterocycles. The van der Waals surface area contributed by atoms with Crippen molar-refractivity contribution in [3.63, 3.8) is 0 Å². The number of hydrogen-bond acceptors (Lipinski definition) is 4. The third kappa shape index (κ3) is 4.79. The van der Waals surface area contributed by atoms with Crippen molar-refractivity contribution in [2.45, 2.75) is 25.9 Å². The minimum Gasteiger partial charge on any atom is -0.479 e. The topological polar surface area (TPSA) is 59.1 Å². The predicted octanol–water partition coefficient (Wildman–Crippen LogP) is 3.36. The van der Waals surface area contributed by atoms with Crippen LogP contribution in [0.4, 0.5) is 18.9 Å². The van der Waals surface area contributed by atoms with Crippen LogP contribution in [-0.2, 0) is 16.1 Å². The highest BCUT2D eigenvalue weighted by Gasteiger charge is 2.34. The largest absolute Gasteiger partial charge is 0.573 e. The monoisotopic (exact) mass is 408 g/mol. The van der Waals surface area contributed by atoms with E-state index in [4.69, 9.17) is 4.74 Å². The number of para-hydroxylation sites is 3. The zero-order valence-corrected chi connectivity index (χ0v) is 15.8. The minimum absolute atomic E-state index is 0.110. The number of halogens is 3. The van der Waals surface area contributed by atoms with Crippen LogP contribution in [0.5, 0.6) is 11.5 Å². The van der Waals surface area contributed by atoms with Gasteiger partial charge in [0.15, 0.2) is 6.10 Å². The molecule has 154 valence electrons. The van der Waals surface area contributed by atoms with Crippen LogP contribution in [0, 0.1) is 0 Å². The number of amides is 2. The number of carbonyl (C=O) groups is 2. The molecule has 9 heteroatoms. The number of alkyl halides is 3. The van der Waals surface area contributed by atoms with Crippen molar-refractivity contribution < 1.29 is 32.2 Å². The van der Waals surface area contributed by atoms with Gasteiger partial charge < -0.3 is 14.4 Å². The number of likely N-dealkylation sites (N-methyl/N-ethyl adjacent to an activating group) is 1. The van der Waals surface area contributed by atoms with Gasteiger partial charge in [0, 0.05) is 19.2 Å². The Balaban J connectivity index is 1.75. The van der Waals surface area contributed by atoms with Crippen molar-refractivity contribution in [3.8, 4) is 11.5 Å². The van der Waals surface area contributed by atoms with E-state index in [1.54, 1.807) is 37.3 Å². The highest BCUT2D eigenvalue weighted by Crippen LogP contribution is 2.33. The first-order valence-electron chi connectivity index (χ1n) is 8.80. The van der Waals surface area contributed by atoms with Crippen molar-refractivity contribution >= 4 is 17.5 Å². The molecule has 1 heterocycles. The average molecular weight is 408 g/mol. The molecule has 1 aliphatic heterocycles. The van der Waals surface area contributed by atoms with Crippen LogP contribution in [0.25, 0.3) is 0 Å². The second kappa shape index (κ2) is 8.02. The molecule has 1 aliphatic rings. The molecule has 2 amide bonds. The Morgan fingerprint density at radius 3 is 2.55 bits per heavy atom. The fourth-order valence-corrected chi connectivity index (χ4v) is 2.98. The van der Waals surface area contributed by atoms with Gasteiger partial charge in [-0.25, -0.2) is 0 Å². The molecule has 0 fully saturated rings. The summed E-state index contributed by atoms with van der Waals surface area (Å²) in [7, 11) is 1.45. The van der Waals surface area contributed by atoms with Crippen LogP contribution in [0.3, 0.4) is 0 Å². The normalized spacial score (nSPS) is 16.1. The van der Waals surface area contributed by atoms with E-state index in [0.29, 0.717) is 11.4 Å². The summed E-state index contributed by atoms with van der Waals surface area (Å²) in [6.45, 7) is 1.22.